The van der Waals surface area contributed by atoms with Gasteiger partial charge in [-0.1, -0.05) is 12.1 Å². The lowest BCUT2D eigenvalue weighted by molar-refractivity contribution is -0.384. The number of hydrogen-bond acceptors (Lipinski definition) is 4. The molecular formula is C11H12N2O4. The normalized spacial score (nSPS) is 16.2. The molecule has 0 aliphatic heterocycles. The number of nitro benzene ring substituents is 1. The molecule has 1 aromatic carbocycles. The molecule has 1 saturated carbocycles. The van der Waals surface area contributed by atoms with E-state index in [1.165, 1.54) is 12.1 Å². The van der Waals surface area contributed by atoms with E-state index in [1.54, 1.807) is 12.1 Å². The second-order valence-electron chi connectivity index (χ2n) is 4.07. The standard InChI is InChI=1S/C11H12N2O4/c14-11(15)10(7-5-6-7)12-8-3-1-2-4-9(8)13(16)17/h1-4,7,10,12H,5-6H2,(H,14,15). The fraction of sp³-hybridized carbons (Fsp3) is 0.364. The summed E-state index contributed by atoms with van der Waals surface area (Å²) in [7, 11) is 0. The maximum absolute atomic E-state index is 11.0. The molecule has 1 unspecified atom stereocenters. The first-order chi connectivity index (χ1) is 8.09. The van der Waals surface area contributed by atoms with Crippen molar-refractivity contribution in [1.29, 1.82) is 0 Å². The van der Waals surface area contributed by atoms with Gasteiger partial charge in [-0.15, -0.1) is 0 Å². The fourth-order valence-corrected chi connectivity index (χ4v) is 1.73. The van der Waals surface area contributed by atoms with Crippen molar-refractivity contribution >= 4 is 17.3 Å². The van der Waals surface area contributed by atoms with Gasteiger partial charge in [0.1, 0.15) is 11.7 Å². The number of nitro groups is 1. The molecule has 1 aliphatic carbocycles. The van der Waals surface area contributed by atoms with Gasteiger partial charge in [0.05, 0.1) is 4.92 Å². The SMILES string of the molecule is O=C(O)C(Nc1ccccc1[N+](=O)[O-])C1CC1. The Morgan fingerprint density at radius 1 is 1.47 bits per heavy atom. The van der Waals surface area contributed by atoms with E-state index in [4.69, 9.17) is 5.11 Å². The van der Waals surface area contributed by atoms with Crippen LogP contribution in [-0.4, -0.2) is 22.0 Å². The molecule has 90 valence electrons. The number of anilines is 1. The van der Waals surface area contributed by atoms with E-state index in [0.717, 1.165) is 12.8 Å². The van der Waals surface area contributed by atoms with Crippen molar-refractivity contribution in [2.75, 3.05) is 5.32 Å². The van der Waals surface area contributed by atoms with E-state index in [1.807, 2.05) is 0 Å². The van der Waals surface area contributed by atoms with Gasteiger partial charge in [0.15, 0.2) is 0 Å². The van der Waals surface area contributed by atoms with Crippen molar-refractivity contribution in [3.05, 3.63) is 34.4 Å². The van der Waals surface area contributed by atoms with E-state index in [0.29, 0.717) is 0 Å². The van der Waals surface area contributed by atoms with Crippen LogP contribution in [0.5, 0.6) is 0 Å². The van der Waals surface area contributed by atoms with Gasteiger partial charge in [-0.3, -0.25) is 10.1 Å². The summed E-state index contributed by atoms with van der Waals surface area (Å²) in [6.45, 7) is 0. The summed E-state index contributed by atoms with van der Waals surface area (Å²) in [5.41, 5.74) is 0.163. The maximum Gasteiger partial charge on any atom is 0.326 e. The minimum absolute atomic E-state index is 0.0762. The summed E-state index contributed by atoms with van der Waals surface area (Å²) >= 11 is 0. The number of benzene rings is 1. The third-order valence-corrected chi connectivity index (χ3v) is 2.77. The molecular weight excluding hydrogens is 224 g/mol. The Balaban J connectivity index is 2.22. The molecule has 0 bridgehead atoms. The lowest BCUT2D eigenvalue weighted by Gasteiger charge is -2.14. The quantitative estimate of drug-likeness (QED) is 0.601. The van der Waals surface area contributed by atoms with Gasteiger partial charge in [0.25, 0.3) is 5.69 Å². The molecule has 0 radical (unpaired) electrons. The Labute approximate surface area is 97.4 Å². The van der Waals surface area contributed by atoms with Gasteiger partial charge in [0.2, 0.25) is 0 Å². The van der Waals surface area contributed by atoms with Crippen LogP contribution in [0.25, 0.3) is 0 Å². The van der Waals surface area contributed by atoms with Gasteiger partial charge < -0.3 is 10.4 Å². The van der Waals surface area contributed by atoms with E-state index in [2.05, 4.69) is 5.32 Å². The number of nitrogens with zero attached hydrogens (tertiary/aromatic N) is 1. The van der Waals surface area contributed by atoms with Crippen LogP contribution >= 0.6 is 0 Å². The molecule has 17 heavy (non-hydrogen) atoms. The van der Waals surface area contributed by atoms with Crippen LogP contribution in [0.2, 0.25) is 0 Å². The molecule has 0 amide bonds. The van der Waals surface area contributed by atoms with Gasteiger partial charge >= 0.3 is 5.97 Å². The number of carboxylic acids is 1. The monoisotopic (exact) mass is 236 g/mol. The van der Waals surface area contributed by atoms with Gasteiger partial charge in [0, 0.05) is 6.07 Å². The lowest BCUT2D eigenvalue weighted by atomic mass is 10.1. The third-order valence-electron chi connectivity index (χ3n) is 2.77. The van der Waals surface area contributed by atoms with Gasteiger partial charge in [-0.05, 0) is 24.8 Å². The molecule has 1 aromatic rings. The minimum Gasteiger partial charge on any atom is -0.480 e. The fourth-order valence-electron chi connectivity index (χ4n) is 1.73. The summed E-state index contributed by atoms with van der Waals surface area (Å²) < 4.78 is 0. The van der Waals surface area contributed by atoms with Crippen LogP contribution < -0.4 is 5.32 Å². The third kappa shape index (κ3) is 2.52. The second kappa shape index (κ2) is 4.40. The van der Waals surface area contributed by atoms with Crippen LogP contribution in [0.4, 0.5) is 11.4 Å². The Morgan fingerprint density at radius 2 is 2.12 bits per heavy atom. The average molecular weight is 236 g/mol. The minimum atomic E-state index is -0.967. The van der Waals surface area contributed by atoms with Crippen LogP contribution in [0.3, 0.4) is 0 Å². The molecule has 2 N–H and O–H groups in total. The van der Waals surface area contributed by atoms with Crippen molar-refractivity contribution in [1.82, 2.24) is 0 Å². The van der Waals surface area contributed by atoms with Gasteiger partial charge in [-0.2, -0.15) is 0 Å². The van der Waals surface area contributed by atoms with Crippen LogP contribution in [0.1, 0.15) is 12.8 Å². The van der Waals surface area contributed by atoms with Crippen molar-refractivity contribution in [3.8, 4) is 0 Å². The Bertz CT molecular complexity index is 457. The number of carboxylic acid groups (broad SMARTS) is 1. The topological polar surface area (TPSA) is 92.5 Å². The molecule has 2 rings (SSSR count). The maximum atomic E-state index is 11.0. The Morgan fingerprint density at radius 3 is 2.65 bits per heavy atom. The van der Waals surface area contributed by atoms with Crippen LogP contribution in [0, 0.1) is 16.0 Å². The zero-order chi connectivity index (χ0) is 12.4. The number of hydrogen-bond donors (Lipinski definition) is 2. The molecule has 6 nitrogen and oxygen atoms in total. The van der Waals surface area contributed by atoms with Crippen molar-refractivity contribution in [2.45, 2.75) is 18.9 Å². The molecule has 0 aromatic heterocycles. The molecule has 1 fully saturated rings. The van der Waals surface area contributed by atoms with Crippen molar-refractivity contribution < 1.29 is 14.8 Å². The Kier molecular flexibility index (Phi) is 2.95. The molecule has 1 atom stereocenters. The summed E-state index contributed by atoms with van der Waals surface area (Å²) in [6.07, 6.45) is 1.70. The largest absolute Gasteiger partial charge is 0.480 e. The summed E-state index contributed by atoms with van der Waals surface area (Å²) in [6, 6.07) is 5.33. The highest BCUT2D eigenvalue weighted by atomic mass is 16.6. The van der Waals surface area contributed by atoms with E-state index >= 15 is 0 Å². The number of aliphatic carboxylic acids is 1. The second-order valence-corrected chi connectivity index (χ2v) is 4.07. The molecule has 0 saturated heterocycles. The number of carbonyl (C=O) groups is 1. The molecule has 0 heterocycles. The zero-order valence-electron chi connectivity index (χ0n) is 9.00. The highest BCUT2D eigenvalue weighted by molar-refractivity contribution is 5.79. The van der Waals surface area contributed by atoms with E-state index in [9.17, 15) is 14.9 Å². The Hall–Kier alpha value is -2.11. The first-order valence-corrected chi connectivity index (χ1v) is 5.32. The first kappa shape index (κ1) is 11.4. The molecule has 0 spiro atoms. The number of para-hydroxylation sites is 2. The molecule has 1 aliphatic rings. The predicted molar refractivity (Wildman–Crippen MR) is 60.9 cm³/mol. The average Bonchev–Trinajstić information content (AvgIpc) is 3.09. The highest BCUT2D eigenvalue weighted by Crippen LogP contribution is 2.35. The van der Waals surface area contributed by atoms with Crippen molar-refractivity contribution in [3.63, 3.8) is 0 Å². The highest BCUT2D eigenvalue weighted by Gasteiger charge is 2.37. The number of nitrogens with one attached hydrogen (secondary N) is 1. The zero-order valence-corrected chi connectivity index (χ0v) is 9.00. The lowest BCUT2D eigenvalue weighted by Crippen LogP contribution is -2.31. The summed E-state index contributed by atoms with van der Waals surface area (Å²) in [4.78, 5) is 21.3. The van der Waals surface area contributed by atoms with Crippen molar-refractivity contribution in [2.24, 2.45) is 5.92 Å². The number of rotatable bonds is 5. The smallest absolute Gasteiger partial charge is 0.326 e. The summed E-state index contributed by atoms with van der Waals surface area (Å²) in [5, 5.41) is 22.6. The van der Waals surface area contributed by atoms with E-state index in [-0.39, 0.29) is 17.3 Å². The van der Waals surface area contributed by atoms with Gasteiger partial charge in [-0.25, -0.2) is 4.79 Å². The van der Waals surface area contributed by atoms with Crippen LogP contribution in [-0.2, 0) is 4.79 Å². The predicted octanol–water partition coefficient (Wildman–Crippen LogP) is 1.87. The first-order valence-electron chi connectivity index (χ1n) is 5.32. The molecule has 6 heteroatoms. The van der Waals surface area contributed by atoms with Crippen LogP contribution in [0.15, 0.2) is 24.3 Å². The summed E-state index contributed by atoms with van der Waals surface area (Å²) in [5.74, 6) is -0.891. The van der Waals surface area contributed by atoms with E-state index < -0.39 is 16.9 Å².